The molecule has 0 heterocycles. The van der Waals surface area contributed by atoms with Gasteiger partial charge >= 0.3 is 0 Å². The Kier molecular flexibility index (Phi) is 7.67. The molecule has 0 amide bonds. The van der Waals surface area contributed by atoms with E-state index in [1.54, 1.807) is 0 Å². The van der Waals surface area contributed by atoms with Crippen LogP contribution in [0.15, 0.2) is 188 Å². The third-order valence-corrected chi connectivity index (χ3v) is 9.13. The minimum absolute atomic E-state index is 0.663. The van der Waals surface area contributed by atoms with E-state index in [0.29, 0.717) is 5.56 Å². The first-order valence-corrected chi connectivity index (χ1v) is 16.3. The standard InChI is InChI=1S/C47H31N/c48-32-33-24-26-38(27-25-33)46-40-20-10-12-22-42(40)47(43-23-13-11-21-41(43)46)39-30-28-37(29-31-39)45(36-18-8-3-9-19-36)44(34-14-4-1-5-15-34)35-16-6-2-7-17-35/h1-31H. The smallest absolute Gasteiger partial charge is 0.0991 e. The lowest BCUT2D eigenvalue weighted by molar-refractivity contribution is 1.49. The van der Waals surface area contributed by atoms with E-state index in [-0.39, 0.29) is 0 Å². The van der Waals surface area contributed by atoms with Gasteiger partial charge in [-0.15, -0.1) is 0 Å². The fourth-order valence-electron chi connectivity index (χ4n) is 6.99. The van der Waals surface area contributed by atoms with Crippen LogP contribution in [0.1, 0.15) is 27.8 Å². The van der Waals surface area contributed by atoms with Crippen molar-refractivity contribution in [3.05, 3.63) is 216 Å². The van der Waals surface area contributed by atoms with E-state index < -0.39 is 0 Å². The Morgan fingerprint density at radius 3 is 0.938 bits per heavy atom. The highest BCUT2D eigenvalue weighted by Gasteiger charge is 2.19. The van der Waals surface area contributed by atoms with Crippen molar-refractivity contribution < 1.29 is 0 Å². The summed E-state index contributed by atoms with van der Waals surface area (Å²) in [6.07, 6.45) is 0. The number of benzene rings is 8. The molecule has 0 bridgehead atoms. The Morgan fingerprint density at radius 2 is 0.604 bits per heavy atom. The van der Waals surface area contributed by atoms with Crippen molar-refractivity contribution in [1.82, 2.24) is 0 Å². The Balaban J connectivity index is 1.36. The maximum absolute atomic E-state index is 9.42. The van der Waals surface area contributed by atoms with Gasteiger partial charge in [0.2, 0.25) is 0 Å². The summed E-state index contributed by atoms with van der Waals surface area (Å²) in [5.41, 5.74) is 12.5. The molecule has 0 aliphatic rings. The Labute approximate surface area is 281 Å². The second-order valence-corrected chi connectivity index (χ2v) is 12.0. The van der Waals surface area contributed by atoms with E-state index >= 15 is 0 Å². The predicted molar refractivity (Wildman–Crippen MR) is 201 cm³/mol. The van der Waals surface area contributed by atoms with Gasteiger partial charge in [0.15, 0.2) is 0 Å². The highest BCUT2D eigenvalue weighted by atomic mass is 14.2. The fourth-order valence-corrected chi connectivity index (χ4v) is 6.99. The van der Waals surface area contributed by atoms with Crippen LogP contribution < -0.4 is 0 Å². The molecule has 0 atom stereocenters. The maximum atomic E-state index is 9.42. The Bertz CT molecular complexity index is 2350. The highest BCUT2D eigenvalue weighted by molar-refractivity contribution is 6.21. The van der Waals surface area contributed by atoms with E-state index in [0.717, 1.165) is 11.1 Å². The zero-order valence-electron chi connectivity index (χ0n) is 26.3. The first-order chi connectivity index (χ1) is 23.8. The zero-order valence-corrected chi connectivity index (χ0v) is 26.3. The Hall–Kier alpha value is -6.49. The van der Waals surface area contributed by atoms with Gasteiger partial charge < -0.3 is 0 Å². The van der Waals surface area contributed by atoms with Crippen LogP contribution >= 0.6 is 0 Å². The maximum Gasteiger partial charge on any atom is 0.0991 e. The minimum Gasteiger partial charge on any atom is -0.192 e. The molecule has 0 N–H and O–H groups in total. The molecule has 0 spiro atoms. The number of rotatable bonds is 6. The molecule has 1 nitrogen and oxygen atoms in total. The summed E-state index contributed by atoms with van der Waals surface area (Å²) < 4.78 is 0. The van der Waals surface area contributed by atoms with Crippen molar-refractivity contribution in [2.75, 3.05) is 0 Å². The van der Waals surface area contributed by atoms with Gasteiger partial charge in [-0.05, 0) is 89.3 Å². The lowest BCUT2D eigenvalue weighted by atomic mass is 9.84. The molecule has 0 unspecified atom stereocenters. The van der Waals surface area contributed by atoms with E-state index in [2.05, 4.69) is 182 Å². The molecule has 0 aromatic heterocycles. The van der Waals surface area contributed by atoms with E-state index in [1.807, 2.05) is 12.1 Å². The molecule has 8 aromatic carbocycles. The molecule has 48 heavy (non-hydrogen) atoms. The van der Waals surface area contributed by atoms with Gasteiger partial charge in [0.05, 0.1) is 11.6 Å². The summed E-state index contributed by atoms with van der Waals surface area (Å²) in [6, 6.07) is 68.8. The molecule has 0 radical (unpaired) electrons. The molecule has 8 rings (SSSR count). The predicted octanol–water partition coefficient (Wildman–Crippen LogP) is 12.2. The quantitative estimate of drug-likeness (QED) is 0.136. The van der Waals surface area contributed by atoms with Crippen molar-refractivity contribution >= 4 is 32.7 Å². The van der Waals surface area contributed by atoms with Gasteiger partial charge in [0.25, 0.3) is 0 Å². The van der Waals surface area contributed by atoms with E-state index in [9.17, 15) is 5.26 Å². The van der Waals surface area contributed by atoms with Gasteiger partial charge in [-0.25, -0.2) is 0 Å². The second-order valence-electron chi connectivity index (χ2n) is 12.0. The van der Waals surface area contributed by atoms with Crippen molar-refractivity contribution in [3.8, 4) is 28.3 Å². The van der Waals surface area contributed by atoms with E-state index in [4.69, 9.17) is 0 Å². The monoisotopic (exact) mass is 609 g/mol. The topological polar surface area (TPSA) is 23.8 Å². The van der Waals surface area contributed by atoms with Crippen LogP contribution in [0.5, 0.6) is 0 Å². The molecule has 8 aromatic rings. The molecular formula is C47H31N. The van der Waals surface area contributed by atoms with Gasteiger partial charge in [-0.1, -0.05) is 176 Å². The molecule has 0 fully saturated rings. The lowest BCUT2D eigenvalue weighted by Crippen LogP contribution is -1.97. The third-order valence-electron chi connectivity index (χ3n) is 9.13. The summed E-state index contributed by atoms with van der Waals surface area (Å²) in [4.78, 5) is 0. The summed E-state index contributed by atoms with van der Waals surface area (Å²) in [5, 5.41) is 14.2. The zero-order chi connectivity index (χ0) is 32.3. The first kappa shape index (κ1) is 28.9. The third kappa shape index (κ3) is 5.26. The van der Waals surface area contributed by atoms with Gasteiger partial charge in [0, 0.05) is 0 Å². The van der Waals surface area contributed by atoms with Crippen LogP contribution in [0.3, 0.4) is 0 Å². The fraction of sp³-hybridized carbons (Fsp3) is 0. The van der Waals surface area contributed by atoms with E-state index in [1.165, 1.54) is 66.1 Å². The lowest BCUT2D eigenvalue weighted by Gasteiger charge is -2.20. The summed E-state index contributed by atoms with van der Waals surface area (Å²) in [6.45, 7) is 0. The SMILES string of the molecule is N#Cc1ccc(-c2c3ccccc3c(-c3ccc(C(=C(c4ccccc4)c4ccccc4)c4ccccc4)cc3)c3ccccc23)cc1. The first-order valence-electron chi connectivity index (χ1n) is 16.3. The molecule has 0 saturated heterocycles. The normalized spacial score (nSPS) is 10.9. The van der Waals surface area contributed by atoms with Gasteiger partial charge in [-0.3, -0.25) is 0 Å². The van der Waals surface area contributed by atoms with Gasteiger partial charge in [-0.2, -0.15) is 5.26 Å². The van der Waals surface area contributed by atoms with Gasteiger partial charge in [0.1, 0.15) is 0 Å². The second kappa shape index (κ2) is 12.7. The van der Waals surface area contributed by atoms with Crippen LogP contribution in [0.25, 0.3) is 54.9 Å². The molecular weight excluding hydrogens is 579 g/mol. The van der Waals surface area contributed by atoms with Crippen LogP contribution in [0, 0.1) is 11.3 Å². The molecule has 0 aliphatic heterocycles. The number of fused-ring (bicyclic) bond motifs is 2. The molecule has 224 valence electrons. The average molecular weight is 610 g/mol. The Morgan fingerprint density at radius 1 is 0.312 bits per heavy atom. The summed E-state index contributed by atoms with van der Waals surface area (Å²) in [5.74, 6) is 0. The number of nitriles is 1. The van der Waals surface area contributed by atoms with Crippen molar-refractivity contribution in [3.63, 3.8) is 0 Å². The van der Waals surface area contributed by atoms with Crippen LogP contribution in [-0.2, 0) is 0 Å². The summed E-state index contributed by atoms with van der Waals surface area (Å²) >= 11 is 0. The number of hydrogen-bond acceptors (Lipinski definition) is 1. The molecule has 1 heteroatoms. The van der Waals surface area contributed by atoms with Crippen LogP contribution in [-0.4, -0.2) is 0 Å². The van der Waals surface area contributed by atoms with Crippen molar-refractivity contribution in [2.45, 2.75) is 0 Å². The summed E-state index contributed by atoms with van der Waals surface area (Å²) in [7, 11) is 0. The van der Waals surface area contributed by atoms with Crippen molar-refractivity contribution in [1.29, 1.82) is 5.26 Å². The van der Waals surface area contributed by atoms with Crippen molar-refractivity contribution in [2.24, 2.45) is 0 Å². The highest BCUT2D eigenvalue weighted by Crippen LogP contribution is 2.44. The number of hydrogen-bond donors (Lipinski definition) is 0. The number of nitrogens with zero attached hydrogens (tertiary/aromatic N) is 1. The largest absolute Gasteiger partial charge is 0.192 e. The van der Waals surface area contributed by atoms with Crippen LogP contribution in [0.4, 0.5) is 0 Å². The minimum atomic E-state index is 0.663. The molecule has 0 saturated carbocycles. The average Bonchev–Trinajstić information content (AvgIpc) is 3.17. The van der Waals surface area contributed by atoms with Crippen LogP contribution in [0.2, 0.25) is 0 Å². The molecule has 0 aliphatic carbocycles.